The standard InChI is InChI=1S/C27H37NO3/c1-20(2)23-9-10-25-24(17-23)16-21-7-6-8-22(15-21)19-28(11-12-30-13-14-31-25)26(29)18-27(3,4)5/h6-10,15,17,20H,11-14,16,18-19H2,1-5H3. The summed E-state index contributed by atoms with van der Waals surface area (Å²) in [5.74, 6) is 1.57. The van der Waals surface area contributed by atoms with Crippen molar-refractivity contribution >= 4 is 5.91 Å². The average Bonchev–Trinajstić information content (AvgIpc) is 2.68. The molecule has 1 amide bonds. The van der Waals surface area contributed by atoms with Gasteiger partial charge in [0.2, 0.25) is 5.91 Å². The number of hydrogen-bond acceptors (Lipinski definition) is 3. The summed E-state index contributed by atoms with van der Waals surface area (Å²) in [6.45, 7) is 13.5. The minimum Gasteiger partial charge on any atom is -0.491 e. The van der Waals surface area contributed by atoms with E-state index in [9.17, 15) is 4.79 Å². The second-order valence-electron chi connectivity index (χ2n) is 10.0. The van der Waals surface area contributed by atoms with Crippen molar-refractivity contribution in [3.8, 4) is 5.75 Å². The molecule has 1 aliphatic heterocycles. The molecule has 2 aromatic carbocycles. The fourth-order valence-corrected chi connectivity index (χ4v) is 3.86. The maximum absolute atomic E-state index is 13.0. The van der Waals surface area contributed by atoms with Gasteiger partial charge in [0.15, 0.2) is 0 Å². The van der Waals surface area contributed by atoms with E-state index in [1.165, 1.54) is 16.7 Å². The number of ether oxygens (including phenoxy) is 2. The Bertz CT molecular complexity index is 882. The van der Waals surface area contributed by atoms with E-state index in [1.807, 2.05) is 4.90 Å². The zero-order valence-electron chi connectivity index (χ0n) is 19.7. The number of carbonyl (C=O) groups excluding carboxylic acids is 1. The topological polar surface area (TPSA) is 38.8 Å². The fraction of sp³-hybridized carbons (Fsp3) is 0.519. The van der Waals surface area contributed by atoms with Crippen LogP contribution in [-0.4, -0.2) is 37.2 Å². The predicted octanol–water partition coefficient (Wildman–Crippen LogP) is 5.57. The summed E-state index contributed by atoms with van der Waals surface area (Å²) in [5.41, 5.74) is 4.86. The predicted molar refractivity (Wildman–Crippen MR) is 126 cm³/mol. The molecular formula is C27H37NO3. The summed E-state index contributed by atoms with van der Waals surface area (Å²) in [5, 5.41) is 0. The average molecular weight is 424 g/mol. The van der Waals surface area contributed by atoms with Crippen molar-refractivity contribution in [1.29, 1.82) is 0 Å². The maximum atomic E-state index is 13.0. The van der Waals surface area contributed by atoms with Gasteiger partial charge in [0.25, 0.3) is 0 Å². The second kappa shape index (κ2) is 10.3. The Morgan fingerprint density at radius 2 is 1.81 bits per heavy atom. The third kappa shape index (κ3) is 7.10. The normalized spacial score (nSPS) is 15.7. The Labute approximate surface area is 187 Å². The SMILES string of the molecule is CC(C)c1ccc2c(c1)Cc1cccc(c1)CN(C(=O)CC(C)(C)C)CCOCCO2. The van der Waals surface area contributed by atoms with Crippen molar-refractivity contribution in [2.45, 2.75) is 59.9 Å². The van der Waals surface area contributed by atoms with E-state index in [2.05, 4.69) is 77.1 Å². The molecule has 0 aliphatic carbocycles. The van der Waals surface area contributed by atoms with Crippen molar-refractivity contribution in [1.82, 2.24) is 4.90 Å². The summed E-state index contributed by atoms with van der Waals surface area (Å²) in [7, 11) is 0. The fourth-order valence-electron chi connectivity index (χ4n) is 3.86. The quantitative estimate of drug-likeness (QED) is 0.633. The first-order valence-corrected chi connectivity index (χ1v) is 11.4. The first kappa shape index (κ1) is 23.3. The van der Waals surface area contributed by atoms with E-state index < -0.39 is 0 Å². The van der Waals surface area contributed by atoms with Gasteiger partial charge in [0.1, 0.15) is 12.4 Å². The minimum absolute atomic E-state index is 0.0372. The molecule has 0 saturated heterocycles. The molecule has 3 rings (SSSR count). The molecule has 0 radical (unpaired) electrons. The zero-order valence-corrected chi connectivity index (χ0v) is 19.7. The molecule has 0 aromatic heterocycles. The van der Waals surface area contributed by atoms with Crippen LogP contribution in [0.25, 0.3) is 0 Å². The van der Waals surface area contributed by atoms with Crippen LogP contribution in [0.15, 0.2) is 42.5 Å². The van der Waals surface area contributed by atoms with Crippen LogP contribution in [-0.2, 0) is 22.5 Å². The highest BCUT2D eigenvalue weighted by Gasteiger charge is 2.21. The van der Waals surface area contributed by atoms with Crippen LogP contribution in [0.3, 0.4) is 0 Å². The number of nitrogens with zero attached hydrogens (tertiary/aromatic N) is 1. The van der Waals surface area contributed by atoms with E-state index in [1.54, 1.807) is 0 Å². The van der Waals surface area contributed by atoms with Gasteiger partial charge >= 0.3 is 0 Å². The molecule has 1 heterocycles. The first-order valence-electron chi connectivity index (χ1n) is 11.4. The number of amides is 1. The van der Waals surface area contributed by atoms with Crippen LogP contribution in [0, 0.1) is 5.41 Å². The Morgan fingerprint density at radius 1 is 1.03 bits per heavy atom. The van der Waals surface area contributed by atoms with Crippen LogP contribution in [0.2, 0.25) is 0 Å². The minimum atomic E-state index is -0.0372. The summed E-state index contributed by atoms with van der Waals surface area (Å²) < 4.78 is 11.9. The van der Waals surface area contributed by atoms with Gasteiger partial charge in [-0.2, -0.15) is 0 Å². The van der Waals surface area contributed by atoms with Gasteiger partial charge < -0.3 is 14.4 Å². The molecule has 0 spiro atoms. The lowest BCUT2D eigenvalue weighted by Gasteiger charge is -2.27. The third-order valence-electron chi connectivity index (χ3n) is 5.54. The summed E-state index contributed by atoms with van der Waals surface area (Å²) in [6, 6.07) is 15.1. The lowest BCUT2D eigenvalue weighted by Crippen LogP contribution is -2.36. The molecule has 0 fully saturated rings. The monoisotopic (exact) mass is 423 g/mol. The molecule has 31 heavy (non-hydrogen) atoms. The van der Waals surface area contributed by atoms with Crippen LogP contribution in [0.4, 0.5) is 0 Å². The van der Waals surface area contributed by atoms with Crippen LogP contribution < -0.4 is 4.74 Å². The van der Waals surface area contributed by atoms with E-state index >= 15 is 0 Å². The van der Waals surface area contributed by atoms with Gasteiger partial charge in [0, 0.05) is 25.9 Å². The van der Waals surface area contributed by atoms with E-state index in [0.29, 0.717) is 45.2 Å². The molecule has 168 valence electrons. The molecule has 0 N–H and O–H groups in total. The molecule has 0 atom stereocenters. The van der Waals surface area contributed by atoms with E-state index in [0.717, 1.165) is 17.7 Å². The van der Waals surface area contributed by atoms with Crippen molar-refractivity contribution in [2.24, 2.45) is 5.41 Å². The molecule has 1 aliphatic rings. The van der Waals surface area contributed by atoms with Crippen molar-refractivity contribution < 1.29 is 14.3 Å². The largest absolute Gasteiger partial charge is 0.491 e. The Balaban J connectivity index is 1.88. The molecule has 2 bridgehead atoms. The molecule has 4 nitrogen and oxygen atoms in total. The number of fused-ring (bicyclic) bond motifs is 3. The Hall–Kier alpha value is -2.33. The lowest BCUT2D eigenvalue weighted by atomic mass is 9.91. The number of hydrogen-bond donors (Lipinski definition) is 0. The van der Waals surface area contributed by atoms with Crippen LogP contribution in [0.1, 0.15) is 69.2 Å². The first-order chi connectivity index (χ1) is 14.7. The van der Waals surface area contributed by atoms with Gasteiger partial charge in [-0.1, -0.05) is 71.0 Å². The Kier molecular flexibility index (Phi) is 7.77. The van der Waals surface area contributed by atoms with Crippen LogP contribution >= 0.6 is 0 Å². The van der Waals surface area contributed by atoms with E-state index in [-0.39, 0.29) is 11.3 Å². The summed E-state index contributed by atoms with van der Waals surface area (Å²) >= 11 is 0. The van der Waals surface area contributed by atoms with Gasteiger partial charge in [-0.3, -0.25) is 4.79 Å². The maximum Gasteiger partial charge on any atom is 0.223 e. The van der Waals surface area contributed by atoms with Crippen LogP contribution in [0.5, 0.6) is 5.75 Å². The molecule has 4 heteroatoms. The second-order valence-corrected chi connectivity index (χ2v) is 10.0. The van der Waals surface area contributed by atoms with Gasteiger partial charge in [-0.05, 0) is 39.7 Å². The molecule has 0 saturated carbocycles. The highest BCUT2D eigenvalue weighted by atomic mass is 16.5. The van der Waals surface area contributed by atoms with E-state index in [4.69, 9.17) is 9.47 Å². The van der Waals surface area contributed by atoms with Crippen molar-refractivity contribution in [2.75, 3.05) is 26.4 Å². The molecule has 2 aromatic rings. The zero-order chi connectivity index (χ0) is 22.4. The van der Waals surface area contributed by atoms with Gasteiger partial charge in [0.05, 0.1) is 13.2 Å². The number of benzene rings is 2. The van der Waals surface area contributed by atoms with Gasteiger partial charge in [-0.15, -0.1) is 0 Å². The number of carbonyl (C=O) groups is 1. The molecule has 0 unspecified atom stereocenters. The Morgan fingerprint density at radius 3 is 2.55 bits per heavy atom. The lowest BCUT2D eigenvalue weighted by molar-refractivity contribution is -0.134. The number of rotatable bonds is 2. The van der Waals surface area contributed by atoms with Crippen molar-refractivity contribution in [3.05, 3.63) is 64.7 Å². The smallest absolute Gasteiger partial charge is 0.223 e. The molecular weight excluding hydrogens is 386 g/mol. The summed E-state index contributed by atoms with van der Waals surface area (Å²) in [6.07, 6.45) is 1.34. The third-order valence-corrected chi connectivity index (χ3v) is 5.54. The van der Waals surface area contributed by atoms with Crippen molar-refractivity contribution in [3.63, 3.8) is 0 Å². The highest BCUT2D eigenvalue weighted by Crippen LogP contribution is 2.27. The van der Waals surface area contributed by atoms with Gasteiger partial charge in [-0.25, -0.2) is 0 Å². The highest BCUT2D eigenvalue weighted by molar-refractivity contribution is 5.76. The summed E-state index contributed by atoms with van der Waals surface area (Å²) in [4.78, 5) is 14.9.